The first kappa shape index (κ1) is 14.7. The van der Waals surface area contributed by atoms with Crippen LogP contribution in [0.3, 0.4) is 0 Å². The van der Waals surface area contributed by atoms with E-state index in [1.54, 1.807) is 23.9 Å². The van der Waals surface area contributed by atoms with E-state index in [1.165, 1.54) is 0 Å². The minimum atomic E-state index is -0.221. The number of carbonyl (C=O) groups excluding carboxylic acids is 1. The number of fused-ring (bicyclic) bond motifs is 1. The first-order chi connectivity index (χ1) is 9.61. The first-order valence-corrected chi connectivity index (χ1v) is 8.00. The normalized spacial score (nSPS) is 12.3. The fourth-order valence-corrected chi connectivity index (χ4v) is 2.80. The van der Waals surface area contributed by atoms with Crippen LogP contribution < -0.4 is 5.32 Å². The van der Waals surface area contributed by atoms with Crippen molar-refractivity contribution >= 4 is 28.4 Å². The van der Waals surface area contributed by atoms with E-state index in [4.69, 9.17) is 0 Å². The molecule has 0 spiro atoms. The number of hydrogen-bond donors (Lipinski definition) is 2. The van der Waals surface area contributed by atoms with Crippen LogP contribution in [-0.2, 0) is 0 Å². The first-order valence-electron chi connectivity index (χ1n) is 6.60. The predicted molar refractivity (Wildman–Crippen MR) is 85.5 cm³/mol. The van der Waals surface area contributed by atoms with Crippen molar-refractivity contribution in [1.82, 2.24) is 5.32 Å². The Morgan fingerprint density at radius 2 is 1.95 bits per heavy atom. The summed E-state index contributed by atoms with van der Waals surface area (Å²) in [5.41, 5.74) is 0.333. The van der Waals surface area contributed by atoms with Crippen LogP contribution in [0.4, 0.5) is 0 Å². The lowest BCUT2D eigenvalue weighted by Gasteiger charge is -2.12. The smallest absolute Gasteiger partial charge is 0.255 e. The summed E-state index contributed by atoms with van der Waals surface area (Å²) in [5, 5.41) is 14.7. The van der Waals surface area contributed by atoms with Crippen molar-refractivity contribution in [3.05, 3.63) is 42.0 Å². The molecular weight excluding hydrogens is 270 g/mol. The third kappa shape index (κ3) is 3.45. The lowest BCUT2D eigenvalue weighted by atomic mass is 10.1. The molecule has 0 bridgehead atoms. The van der Waals surface area contributed by atoms with E-state index in [1.807, 2.05) is 30.5 Å². The zero-order chi connectivity index (χ0) is 14.5. The second-order valence-corrected chi connectivity index (χ2v) is 5.90. The molecule has 1 unspecified atom stereocenters. The molecule has 0 aliphatic carbocycles. The molecule has 0 aliphatic rings. The van der Waals surface area contributed by atoms with E-state index in [2.05, 4.69) is 12.2 Å². The Kier molecular flexibility index (Phi) is 4.90. The van der Waals surface area contributed by atoms with Gasteiger partial charge in [0.1, 0.15) is 5.75 Å². The van der Waals surface area contributed by atoms with Crippen LogP contribution in [0.25, 0.3) is 10.8 Å². The molecule has 2 rings (SSSR count). The molecular formula is C16H19NO2S. The van der Waals surface area contributed by atoms with E-state index in [9.17, 15) is 9.90 Å². The molecule has 106 valence electrons. The number of thioether (sulfide) groups is 1. The fourth-order valence-electron chi connectivity index (χ4n) is 2.12. The van der Waals surface area contributed by atoms with Gasteiger partial charge in [0.05, 0.1) is 5.56 Å². The van der Waals surface area contributed by atoms with Crippen LogP contribution in [-0.4, -0.2) is 29.6 Å². The summed E-state index contributed by atoms with van der Waals surface area (Å²) in [5.74, 6) is 1.22. The predicted octanol–water partition coefficient (Wildman–Crippen LogP) is 3.27. The standard InChI is InChI=1S/C16H19NO2S/c1-11(10-20-2)9-17-16(19)14-7-12-5-3-4-6-13(12)8-15(14)18/h3-8,11,18H,9-10H2,1-2H3,(H,17,19). The zero-order valence-electron chi connectivity index (χ0n) is 11.7. The van der Waals surface area contributed by atoms with E-state index in [0.29, 0.717) is 18.0 Å². The van der Waals surface area contributed by atoms with Gasteiger partial charge in [0.2, 0.25) is 0 Å². The van der Waals surface area contributed by atoms with Crippen LogP contribution in [0.1, 0.15) is 17.3 Å². The second kappa shape index (κ2) is 6.66. The number of phenolic OH excluding ortho intramolecular Hbond substituents is 1. The maximum absolute atomic E-state index is 12.1. The minimum absolute atomic E-state index is 0.0266. The van der Waals surface area contributed by atoms with Crippen LogP contribution >= 0.6 is 11.8 Å². The average molecular weight is 289 g/mol. The number of nitrogens with one attached hydrogen (secondary N) is 1. The Labute approximate surface area is 123 Å². The largest absolute Gasteiger partial charge is 0.507 e. The molecule has 4 heteroatoms. The van der Waals surface area contributed by atoms with Crippen LogP contribution in [0, 0.1) is 5.92 Å². The third-order valence-corrected chi connectivity index (χ3v) is 4.07. The van der Waals surface area contributed by atoms with Crippen LogP contribution in [0.15, 0.2) is 36.4 Å². The molecule has 0 fully saturated rings. The summed E-state index contributed by atoms with van der Waals surface area (Å²) in [6.45, 7) is 2.71. The lowest BCUT2D eigenvalue weighted by Crippen LogP contribution is -2.29. The monoisotopic (exact) mass is 289 g/mol. The minimum Gasteiger partial charge on any atom is -0.507 e. The molecule has 2 N–H and O–H groups in total. The van der Waals surface area contributed by atoms with Crippen molar-refractivity contribution < 1.29 is 9.90 Å². The molecule has 1 atom stereocenters. The molecule has 0 radical (unpaired) electrons. The maximum Gasteiger partial charge on any atom is 0.255 e. The van der Waals surface area contributed by atoms with Gasteiger partial charge in [0.15, 0.2) is 0 Å². The van der Waals surface area contributed by atoms with E-state index in [0.717, 1.165) is 16.5 Å². The Balaban J connectivity index is 2.15. The Morgan fingerprint density at radius 1 is 1.30 bits per heavy atom. The van der Waals surface area contributed by atoms with Gasteiger partial charge >= 0.3 is 0 Å². The molecule has 1 amide bonds. The highest BCUT2D eigenvalue weighted by molar-refractivity contribution is 7.98. The molecule has 3 nitrogen and oxygen atoms in total. The van der Waals surface area contributed by atoms with Gasteiger partial charge in [-0.05, 0) is 40.8 Å². The number of aromatic hydroxyl groups is 1. The molecule has 0 aromatic heterocycles. The topological polar surface area (TPSA) is 49.3 Å². The third-order valence-electron chi connectivity index (χ3n) is 3.17. The number of hydrogen-bond acceptors (Lipinski definition) is 3. The van der Waals surface area contributed by atoms with E-state index in [-0.39, 0.29) is 11.7 Å². The number of rotatable bonds is 5. The molecule has 0 saturated heterocycles. The summed E-state index contributed by atoms with van der Waals surface area (Å²) >= 11 is 1.76. The number of benzene rings is 2. The highest BCUT2D eigenvalue weighted by Gasteiger charge is 2.13. The summed E-state index contributed by atoms with van der Waals surface area (Å²) in [6.07, 6.45) is 2.05. The van der Waals surface area contributed by atoms with Crippen molar-refractivity contribution in [2.45, 2.75) is 6.92 Å². The summed E-state index contributed by atoms with van der Waals surface area (Å²) in [6, 6.07) is 11.0. The van der Waals surface area contributed by atoms with Gasteiger partial charge in [-0.15, -0.1) is 0 Å². The maximum atomic E-state index is 12.1. The molecule has 2 aromatic rings. The summed E-state index contributed by atoms with van der Waals surface area (Å²) in [7, 11) is 0. The summed E-state index contributed by atoms with van der Waals surface area (Å²) < 4.78 is 0. The molecule has 0 aliphatic heterocycles. The van der Waals surface area contributed by atoms with Crippen LogP contribution in [0.5, 0.6) is 5.75 Å². The SMILES string of the molecule is CSCC(C)CNC(=O)c1cc2ccccc2cc1O. The Morgan fingerprint density at radius 3 is 2.60 bits per heavy atom. The average Bonchev–Trinajstić information content (AvgIpc) is 2.44. The van der Waals surface area contributed by atoms with Gasteiger partial charge in [-0.3, -0.25) is 4.79 Å². The van der Waals surface area contributed by atoms with E-state index >= 15 is 0 Å². The summed E-state index contributed by atoms with van der Waals surface area (Å²) in [4.78, 5) is 12.1. The van der Waals surface area contributed by atoms with Gasteiger partial charge in [-0.25, -0.2) is 0 Å². The molecule has 0 heterocycles. The second-order valence-electron chi connectivity index (χ2n) is 4.99. The molecule has 20 heavy (non-hydrogen) atoms. The van der Waals surface area contributed by atoms with Crippen molar-refractivity contribution in [3.63, 3.8) is 0 Å². The van der Waals surface area contributed by atoms with Gasteiger partial charge in [0.25, 0.3) is 5.91 Å². The van der Waals surface area contributed by atoms with Gasteiger partial charge in [0, 0.05) is 6.54 Å². The fraction of sp³-hybridized carbons (Fsp3) is 0.312. The number of carbonyl (C=O) groups is 1. The quantitative estimate of drug-likeness (QED) is 0.888. The lowest BCUT2D eigenvalue weighted by molar-refractivity contribution is 0.0947. The van der Waals surface area contributed by atoms with Crippen molar-refractivity contribution in [2.75, 3.05) is 18.6 Å². The van der Waals surface area contributed by atoms with Crippen LogP contribution in [0.2, 0.25) is 0 Å². The molecule has 2 aromatic carbocycles. The van der Waals surface area contributed by atoms with Gasteiger partial charge in [-0.1, -0.05) is 31.2 Å². The highest BCUT2D eigenvalue weighted by Crippen LogP contribution is 2.24. The van der Waals surface area contributed by atoms with Gasteiger partial charge < -0.3 is 10.4 Å². The van der Waals surface area contributed by atoms with E-state index < -0.39 is 0 Å². The Bertz CT molecular complexity index is 612. The van der Waals surface area contributed by atoms with Crippen molar-refractivity contribution in [1.29, 1.82) is 0 Å². The molecule has 0 saturated carbocycles. The van der Waals surface area contributed by atoms with Crippen molar-refractivity contribution in [2.24, 2.45) is 5.92 Å². The highest BCUT2D eigenvalue weighted by atomic mass is 32.2. The van der Waals surface area contributed by atoms with Crippen molar-refractivity contribution in [3.8, 4) is 5.75 Å². The Hall–Kier alpha value is -1.68. The zero-order valence-corrected chi connectivity index (χ0v) is 12.5. The number of amides is 1. The van der Waals surface area contributed by atoms with Gasteiger partial charge in [-0.2, -0.15) is 11.8 Å². The number of phenols is 1.